The summed E-state index contributed by atoms with van der Waals surface area (Å²) in [6.07, 6.45) is 5.54. The summed E-state index contributed by atoms with van der Waals surface area (Å²) in [5.41, 5.74) is 1.47. The third kappa shape index (κ3) is 3.50. The number of hydrogen-bond donors (Lipinski definition) is 0. The van der Waals surface area contributed by atoms with Gasteiger partial charge >= 0.3 is 6.09 Å². The molecule has 4 heteroatoms. The molecule has 2 rings (SSSR count). The number of Topliss-reactive ketones (excluding diaryl/α,β-unsaturated/α-hetero) is 1. The van der Waals surface area contributed by atoms with Gasteiger partial charge < -0.3 is 9.64 Å². The van der Waals surface area contributed by atoms with E-state index in [4.69, 9.17) is 4.74 Å². The lowest BCUT2D eigenvalue weighted by molar-refractivity contribution is -0.113. The number of nitrogens with zero attached hydrogens (tertiary/aromatic N) is 1. The van der Waals surface area contributed by atoms with Crippen molar-refractivity contribution < 1.29 is 14.3 Å². The van der Waals surface area contributed by atoms with Gasteiger partial charge in [0.2, 0.25) is 0 Å². The topological polar surface area (TPSA) is 46.6 Å². The Kier molecular flexibility index (Phi) is 4.02. The molecule has 0 radical (unpaired) electrons. The number of piperidine rings is 1. The first-order valence-corrected chi connectivity index (χ1v) is 7.16. The van der Waals surface area contributed by atoms with E-state index in [-0.39, 0.29) is 11.9 Å². The Balaban J connectivity index is 2.06. The summed E-state index contributed by atoms with van der Waals surface area (Å²) in [6.45, 7) is 8.48. The fourth-order valence-electron chi connectivity index (χ4n) is 2.61. The zero-order valence-electron chi connectivity index (χ0n) is 12.7. The summed E-state index contributed by atoms with van der Waals surface area (Å²) in [6, 6.07) is 0. The van der Waals surface area contributed by atoms with Gasteiger partial charge in [-0.2, -0.15) is 0 Å². The Morgan fingerprint density at radius 1 is 1.35 bits per heavy atom. The second-order valence-electron chi connectivity index (χ2n) is 6.56. The van der Waals surface area contributed by atoms with Gasteiger partial charge in [-0.25, -0.2) is 4.79 Å². The zero-order chi connectivity index (χ0) is 14.9. The predicted octanol–water partition coefficient (Wildman–Crippen LogP) is 3.09. The van der Waals surface area contributed by atoms with E-state index in [1.54, 1.807) is 11.8 Å². The molecule has 0 aromatic carbocycles. The molecule has 1 fully saturated rings. The maximum atomic E-state index is 12.1. The van der Waals surface area contributed by atoms with Crippen LogP contribution in [-0.2, 0) is 9.53 Å². The molecule has 0 saturated carbocycles. The highest BCUT2D eigenvalue weighted by Crippen LogP contribution is 2.32. The fourth-order valence-corrected chi connectivity index (χ4v) is 2.61. The molecule has 1 amide bonds. The largest absolute Gasteiger partial charge is 0.444 e. The Morgan fingerprint density at radius 2 is 2.05 bits per heavy atom. The number of hydrogen-bond acceptors (Lipinski definition) is 3. The van der Waals surface area contributed by atoms with Crippen LogP contribution in [0.2, 0.25) is 0 Å². The molecule has 1 heterocycles. The predicted molar refractivity (Wildman–Crippen MR) is 77.4 cm³/mol. The van der Waals surface area contributed by atoms with Crippen molar-refractivity contribution in [2.24, 2.45) is 5.92 Å². The van der Waals surface area contributed by atoms with Crippen molar-refractivity contribution >= 4 is 11.9 Å². The summed E-state index contributed by atoms with van der Waals surface area (Å²) in [5, 5.41) is 0. The number of fused-ring (bicyclic) bond motifs is 1. The van der Waals surface area contributed by atoms with Gasteiger partial charge in [0.25, 0.3) is 0 Å². The van der Waals surface area contributed by atoms with E-state index in [0.29, 0.717) is 12.5 Å². The van der Waals surface area contributed by atoms with Crippen LogP contribution in [0.5, 0.6) is 0 Å². The number of ketones is 1. The molecule has 4 nitrogen and oxygen atoms in total. The summed E-state index contributed by atoms with van der Waals surface area (Å²) in [7, 11) is 0. The Morgan fingerprint density at radius 3 is 2.65 bits per heavy atom. The van der Waals surface area contributed by atoms with E-state index in [0.717, 1.165) is 25.0 Å². The molecule has 0 bridgehead atoms. The van der Waals surface area contributed by atoms with Crippen LogP contribution in [0.1, 0.15) is 40.5 Å². The first-order valence-electron chi connectivity index (χ1n) is 7.16. The van der Waals surface area contributed by atoms with Crippen molar-refractivity contribution in [3.63, 3.8) is 0 Å². The van der Waals surface area contributed by atoms with Gasteiger partial charge in [-0.15, -0.1) is 0 Å². The van der Waals surface area contributed by atoms with Crippen LogP contribution in [-0.4, -0.2) is 35.5 Å². The molecule has 20 heavy (non-hydrogen) atoms. The Hall–Kier alpha value is -1.58. The van der Waals surface area contributed by atoms with Crippen molar-refractivity contribution in [1.82, 2.24) is 4.90 Å². The number of likely N-dealkylation sites (tertiary alicyclic amines) is 1. The van der Waals surface area contributed by atoms with Gasteiger partial charge in [-0.3, -0.25) is 4.79 Å². The van der Waals surface area contributed by atoms with E-state index in [2.05, 4.69) is 0 Å². The standard InChI is InChI=1S/C16H23NO3/c1-11(18)13-6-5-12-7-8-17(10-14(12)9-13)15(19)20-16(2,3)4/h6,9,12H,5,7-8,10H2,1-4H3. The lowest BCUT2D eigenvalue weighted by Crippen LogP contribution is -2.43. The van der Waals surface area contributed by atoms with Crippen molar-refractivity contribution in [2.75, 3.05) is 13.1 Å². The van der Waals surface area contributed by atoms with E-state index in [9.17, 15) is 9.59 Å². The molecular formula is C16H23NO3. The third-order valence-electron chi connectivity index (χ3n) is 3.67. The first kappa shape index (κ1) is 14.8. The monoisotopic (exact) mass is 277 g/mol. The summed E-state index contributed by atoms with van der Waals surface area (Å²) >= 11 is 0. The van der Waals surface area contributed by atoms with E-state index in [1.807, 2.05) is 32.9 Å². The number of ether oxygens (including phenoxy) is 1. The maximum absolute atomic E-state index is 12.1. The van der Waals surface area contributed by atoms with Crippen LogP contribution in [0.4, 0.5) is 4.79 Å². The molecule has 0 N–H and O–H groups in total. The summed E-state index contributed by atoms with van der Waals surface area (Å²) in [4.78, 5) is 25.3. The molecule has 1 aliphatic carbocycles. The normalized spacial score (nSPS) is 22.6. The minimum Gasteiger partial charge on any atom is -0.444 e. The second-order valence-corrected chi connectivity index (χ2v) is 6.56. The zero-order valence-corrected chi connectivity index (χ0v) is 12.7. The highest BCUT2D eigenvalue weighted by atomic mass is 16.6. The van der Waals surface area contributed by atoms with Gasteiger partial charge in [0.15, 0.2) is 5.78 Å². The van der Waals surface area contributed by atoms with E-state index in [1.165, 1.54) is 5.57 Å². The number of allylic oxidation sites excluding steroid dienone is 3. The summed E-state index contributed by atoms with van der Waals surface area (Å²) in [5.74, 6) is 0.558. The van der Waals surface area contributed by atoms with Crippen molar-refractivity contribution in [3.8, 4) is 0 Å². The fraction of sp³-hybridized carbons (Fsp3) is 0.625. The molecule has 1 aliphatic heterocycles. The van der Waals surface area contributed by atoms with Gasteiger partial charge in [-0.1, -0.05) is 12.2 Å². The molecule has 0 aromatic heterocycles. The SMILES string of the molecule is CC(=O)C1=CCC2CCN(C(=O)OC(C)(C)C)CC2=C1. The molecule has 1 atom stereocenters. The van der Waals surface area contributed by atoms with Gasteiger partial charge in [0.1, 0.15) is 5.60 Å². The van der Waals surface area contributed by atoms with E-state index >= 15 is 0 Å². The van der Waals surface area contributed by atoms with Gasteiger partial charge in [-0.05, 0) is 52.0 Å². The van der Waals surface area contributed by atoms with Crippen LogP contribution >= 0.6 is 0 Å². The number of carbonyl (C=O) groups is 2. The Labute approximate surface area is 120 Å². The van der Waals surface area contributed by atoms with Crippen LogP contribution in [0, 0.1) is 5.92 Å². The van der Waals surface area contributed by atoms with Gasteiger partial charge in [0.05, 0.1) is 0 Å². The molecule has 1 saturated heterocycles. The third-order valence-corrected chi connectivity index (χ3v) is 3.67. The smallest absolute Gasteiger partial charge is 0.410 e. The molecule has 0 spiro atoms. The molecular weight excluding hydrogens is 254 g/mol. The minimum absolute atomic E-state index is 0.0883. The Bertz CT molecular complexity index is 482. The molecule has 0 aromatic rings. The summed E-state index contributed by atoms with van der Waals surface area (Å²) < 4.78 is 5.41. The highest BCUT2D eigenvalue weighted by molar-refractivity contribution is 5.96. The molecule has 2 aliphatic rings. The average molecular weight is 277 g/mol. The van der Waals surface area contributed by atoms with Gasteiger partial charge in [0, 0.05) is 18.7 Å². The second kappa shape index (κ2) is 5.43. The van der Waals surface area contributed by atoms with Crippen molar-refractivity contribution in [3.05, 3.63) is 23.3 Å². The quantitative estimate of drug-likeness (QED) is 0.740. The lowest BCUT2D eigenvalue weighted by Gasteiger charge is -2.36. The van der Waals surface area contributed by atoms with E-state index < -0.39 is 5.60 Å². The van der Waals surface area contributed by atoms with Crippen molar-refractivity contribution in [1.29, 1.82) is 0 Å². The van der Waals surface area contributed by atoms with Crippen LogP contribution in [0.3, 0.4) is 0 Å². The molecule has 1 unspecified atom stereocenters. The lowest BCUT2D eigenvalue weighted by atomic mass is 9.82. The number of carbonyl (C=O) groups excluding carboxylic acids is 2. The number of amides is 1. The van der Waals surface area contributed by atoms with Crippen LogP contribution < -0.4 is 0 Å². The highest BCUT2D eigenvalue weighted by Gasteiger charge is 2.30. The van der Waals surface area contributed by atoms with Crippen LogP contribution in [0.15, 0.2) is 23.3 Å². The average Bonchev–Trinajstić information content (AvgIpc) is 2.35. The van der Waals surface area contributed by atoms with Crippen LogP contribution in [0.25, 0.3) is 0 Å². The van der Waals surface area contributed by atoms with Crippen molar-refractivity contribution in [2.45, 2.75) is 46.1 Å². The first-order chi connectivity index (χ1) is 9.26. The number of rotatable bonds is 1. The molecule has 110 valence electrons. The maximum Gasteiger partial charge on any atom is 0.410 e. The minimum atomic E-state index is -0.473.